The molecule has 2 aromatic heterocycles. The van der Waals surface area contributed by atoms with E-state index in [0.29, 0.717) is 17.7 Å². The van der Waals surface area contributed by atoms with Crippen LogP contribution >= 0.6 is 11.8 Å². The van der Waals surface area contributed by atoms with Crippen molar-refractivity contribution >= 4 is 22.9 Å². The number of aromatic nitrogens is 4. The molecule has 1 N–H and O–H groups in total. The Bertz CT molecular complexity index is 754. The van der Waals surface area contributed by atoms with Crippen molar-refractivity contribution in [2.24, 2.45) is 7.05 Å². The zero-order chi connectivity index (χ0) is 14.7. The lowest BCUT2D eigenvalue weighted by Crippen LogP contribution is -2.29. The largest absolute Gasteiger partial charge is 0.329 e. The fraction of sp³-hybridized carbons (Fsp3) is 0.462. The third-order valence-electron chi connectivity index (χ3n) is 2.96. The zero-order valence-corrected chi connectivity index (χ0v) is 12.7. The molecule has 0 atom stereocenters. The van der Waals surface area contributed by atoms with E-state index in [1.54, 1.807) is 18.8 Å². The smallest absolute Gasteiger partial charge is 0.313 e. The standard InChI is InChI=1S/C13H18N4O2S/c1-4-6-8-20-13-14-10-9(17(13)7-5-2)11(18)15-12(19)16(10)3/h4,6H,5,7-8H2,1-3H3,(H,15,18,19)/b6-4-. The average molecular weight is 294 g/mol. The molecule has 0 bridgehead atoms. The number of aryl methyl sites for hydroxylation is 2. The Morgan fingerprint density at radius 3 is 2.80 bits per heavy atom. The number of fused-ring (bicyclic) bond motifs is 1. The molecule has 0 aromatic carbocycles. The zero-order valence-electron chi connectivity index (χ0n) is 11.8. The first kappa shape index (κ1) is 14.6. The molecule has 0 saturated heterocycles. The highest BCUT2D eigenvalue weighted by Gasteiger charge is 2.16. The van der Waals surface area contributed by atoms with Crippen LogP contribution in [0.2, 0.25) is 0 Å². The van der Waals surface area contributed by atoms with Crippen molar-refractivity contribution in [3.63, 3.8) is 0 Å². The highest BCUT2D eigenvalue weighted by atomic mass is 32.2. The number of allylic oxidation sites excluding steroid dienone is 1. The SMILES string of the molecule is C/C=C\CSc1nc2c(c(=O)[nH]c(=O)n2C)n1CCC. The Morgan fingerprint density at radius 2 is 2.15 bits per heavy atom. The van der Waals surface area contributed by atoms with Gasteiger partial charge in [-0.05, 0) is 13.3 Å². The van der Waals surface area contributed by atoms with Gasteiger partial charge in [-0.25, -0.2) is 9.78 Å². The van der Waals surface area contributed by atoms with Crippen molar-refractivity contribution in [3.8, 4) is 0 Å². The van der Waals surface area contributed by atoms with Gasteiger partial charge in [-0.3, -0.25) is 14.3 Å². The lowest BCUT2D eigenvalue weighted by Gasteiger charge is -2.05. The molecule has 0 fully saturated rings. The Morgan fingerprint density at radius 1 is 1.40 bits per heavy atom. The number of hydrogen-bond donors (Lipinski definition) is 1. The fourth-order valence-corrected chi connectivity index (χ4v) is 2.90. The van der Waals surface area contributed by atoms with Crippen molar-refractivity contribution in [1.82, 2.24) is 19.1 Å². The normalized spacial score (nSPS) is 11.8. The van der Waals surface area contributed by atoms with E-state index in [-0.39, 0.29) is 5.56 Å². The molecule has 7 heteroatoms. The summed E-state index contributed by atoms with van der Waals surface area (Å²) in [5.41, 5.74) is 0.0997. The van der Waals surface area contributed by atoms with Gasteiger partial charge in [0, 0.05) is 19.3 Å². The van der Waals surface area contributed by atoms with Gasteiger partial charge in [0.15, 0.2) is 16.3 Å². The number of rotatable bonds is 5. The van der Waals surface area contributed by atoms with E-state index in [0.717, 1.165) is 17.3 Å². The number of nitrogens with zero attached hydrogens (tertiary/aromatic N) is 3. The summed E-state index contributed by atoms with van der Waals surface area (Å²) in [4.78, 5) is 30.5. The molecule has 0 radical (unpaired) electrons. The van der Waals surface area contributed by atoms with E-state index in [1.165, 1.54) is 4.57 Å². The fourth-order valence-electron chi connectivity index (χ4n) is 1.97. The topological polar surface area (TPSA) is 72.7 Å². The lowest BCUT2D eigenvalue weighted by molar-refractivity contribution is 0.636. The van der Waals surface area contributed by atoms with Crippen LogP contribution in [-0.4, -0.2) is 24.9 Å². The molecule has 0 aliphatic carbocycles. The van der Waals surface area contributed by atoms with Crippen LogP contribution < -0.4 is 11.2 Å². The number of nitrogens with one attached hydrogen (secondary N) is 1. The second-order valence-electron chi connectivity index (χ2n) is 4.42. The lowest BCUT2D eigenvalue weighted by atomic mass is 10.4. The predicted molar refractivity (Wildman–Crippen MR) is 81.4 cm³/mol. The number of H-pyrrole nitrogens is 1. The Balaban J connectivity index is 2.66. The van der Waals surface area contributed by atoms with Crippen molar-refractivity contribution in [1.29, 1.82) is 0 Å². The van der Waals surface area contributed by atoms with Gasteiger partial charge in [0.05, 0.1) is 0 Å². The molecule has 6 nitrogen and oxygen atoms in total. The summed E-state index contributed by atoms with van der Waals surface area (Å²) in [6.45, 7) is 4.71. The van der Waals surface area contributed by atoms with E-state index < -0.39 is 5.69 Å². The maximum absolute atomic E-state index is 12.0. The minimum Gasteiger partial charge on any atom is -0.313 e. The molecule has 2 aromatic rings. The summed E-state index contributed by atoms with van der Waals surface area (Å²) < 4.78 is 3.27. The van der Waals surface area contributed by atoms with Crippen LogP contribution in [0.25, 0.3) is 11.2 Å². The molecule has 0 saturated carbocycles. The summed E-state index contributed by atoms with van der Waals surface area (Å²) in [6.07, 6.45) is 4.90. The second-order valence-corrected chi connectivity index (χ2v) is 5.40. The Hall–Kier alpha value is -1.76. The number of hydrogen-bond acceptors (Lipinski definition) is 4. The third-order valence-corrected chi connectivity index (χ3v) is 3.89. The van der Waals surface area contributed by atoms with Gasteiger partial charge >= 0.3 is 5.69 Å². The Kier molecular flexibility index (Phi) is 4.49. The van der Waals surface area contributed by atoms with E-state index in [9.17, 15) is 9.59 Å². The summed E-state index contributed by atoms with van der Waals surface area (Å²) in [5.74, 6) is 0.787. The van der Waals surface area contributed by atoms with Crippen LogP contribution in [0.15, 0.2) is 26.9 Å². The van der Waals surface area contributed by atoms with Crippen LogP contribution in [0.4, 0.5) is 0 Å². The third kappa shape index (κ3) is 2.58. The van der Waals surface area contributed by atoms with E-state index in [4.69, 9.17) is 0 Å². The number of thioether (sulfide) groups is 1. The number of imidazole rings is 1. The quantitative estimate of drug-likeness (QED) is 0.670. The van der Waals surface area contributed by atoms with Gasteiger partial charge in [-0.15, -0.1) is 0 Å². The van der Waals surface area contributed by atoms with Crippen molar-refractivity contribution in [3.05, 3.63) is 33.0 Å². The molecule has 2 rings (SSSR count). The van der Waals surface area contributed by atoms with Gasteiger partial charge in [-0.1, -0.05) is 30.8 Å². The number of aromatic amines is 1. The molecular formula is C13H18N4O2S. The summed E-state index contributed by atoms with van der Waals surface area (Å²) in [6, 6.07) is 0. The van der Waals surface area contributed by atoms with E-state index >= 15 is 0 Å². The molecule has 2 heterocycles. The van der Waals surface area contributed by atoms with E-state index in [1.807, 2.05) is 30.6 Å². The Labute approximate surface area is 120 Å². The van der Waals surface area contributed by atoms with Crippen molar-refractivity contribution in [2.45, 2.75) is 32.0 Å². The van der Waals surface area contributed by atoms with Crippen LogP contribution in [-0.2, 0) is 13.6 Å². The van der Waals surface area contributed by atoms with Crippen molar-refractivity contribution in [2.75, 3.05) is 5.75 Å². The monoisotopic (exact) mass is 294 g/mol. The summed E-state index contributed by atoms with van der Waals surface area (Å²) in [5, 5.41) is 0.770. The maximum Gasteiger partial charge on any atom is 0.329 e. The van der Waals surface area contributed by atoms with Gasteiger partial charge in [-0.2, -0.15) is 0 Å². The van der Waals surface area contributed by atoms with Crippen LogP contribution in [0, 0.1) is 0 Å². The summed E-state index contributed by atoms with van der Waals surface area (Å²) in [7, 11) is 1.62. The molecule has 0 spiro atoms. The maximum atomic E-state index is 12.0. The first-order valence-corrected chi connectivity index (χ1v) is 7.52. The summed E-state index contributed by atoms with van der Waals surface area (Å²) >= 11 is 1.56. The highest BCUT2D eigenvalue weighted by Crippen LogP contribution is 2.21. The molecule has 0 unspecified atom stereocenters. The minimum atomic E-state index is -0.436. The molecule has 0 aliphatic rings. The van der Waals surface area contributed by atoms with E-state index in [2.05, 4.69) is 9.97 Å². The van der Waals surface area contributed by atoms with Crippen LogP contribution in [0.1, 0.15) is 20.3 Å². The predicted octanol–water partition coefficient (Wildman–Crippen LogP) is 1.50. The van der Waals surface area contributed by atoms with Gasteiger partial charge < -0.3 is 4.57 Å². The minimum absolute atomic E-state index is 0.373. The molecule has 0 aliphatic heterocycles. The molecule has 108 valence electrons. The van der Waals surface area contributed by atoms with Gasteiger partial charge in [0.1, 0.15) is 0 Å². The average Bonchev–Trinajstić information content (AvgIpc) is 2.77. The first-order valence-electron chi connectivity index (χ1n) is 6.53. The highest BCUT2D eigenvalue weighted by molar-refractivity contribution is 7.99. The van der Waals surface area contributed by atoms with Gasteiger partial charge in [0.2, 0.25) is 0 Å². The second kappa shape index (κ2) is 6.13. The van der Waals surface area contributed by atoms with Crippen LogP contribution in [0.5, 0.6) is 0 Å². The molecule has 0 amide bonds. The van der Waals surface area contributed by atoms with Crippen LogP contribution in [0.3, 0.4) is 0 Å². The molecule has 20 heavy (non-hydrogen) atoms. The molecular weight excluding hydrogens is 276 g/mol. The first-order chi connectivity index (χ1) is 9.60. The van der Waals surface area contributed by atoms with Gasteiger partial charge in [0.25, 0.3) is 5.56 Å². The van der Waals surface area contributed by atoms with Crippen molar-refractivity contribution < 1.29 is 0 Å².